The van der Waals surface area contributed by atoms with E-state index in [0.29, 0.717) is 0 Å². The lowest BCUT2D eigenvalue weighted by atomic mass is 10.2. The van der Waals surface area contributed by atoms with Crippen LogP contribution in [0.2, 0.25) is 0 Å². The Morgan fingerprint density at radius 2 is 1.71 bits per heavy atom. The van der Waals surface area contributed by atoms with Crippen LogP contribution in [0.15, 0.2) is 47.7 Å². The van der Waals surface area contributed by atoms with E-state index in [4.69, 9.17) is 0 Å². The van der Waals surface area contributed by atoms with Gasteiger partial charge in [-0.1, -0.05) is 32.0 Å². The number of nitrogens with one attached hydrogen (secondary N) is 1. The van der Waals surface area contributed by atoms with E-state index in [1.807, 2.05) is 65.3 Å². The van der Waals surface area contributed by atoms with E-state index in [-0.39, 0.29) is 0 Å². The molecule has 1 aromatic heterocycles. The van der Waals surface area contributed by atoms with Crippen molar-refractivity contribution in [3.63, 3.8) is 0 Å². The van der Waals surface area contributed by atoms with Gasteiger partial charge in [0, 0.05) is 26.0 Å². The molecule has 0 unspecified atom stereocenters. The minimum Gasteiger partial charge on any atom is -0.378 e. The molecule has 0 saturated carbocycles. The maximum Gasteiger partial charge on any atom is 0.146 e. The van der Waals surface area contributed by atoms with Crippen LogP contribution in [0.5, 0.6) is 0 Å². The average Bonchev–Trinajstić information content (AvgIpc) is 2.52. The fourth-order valence-electron chi connectivity index (χ4n) is 1.57. The molecule has 2 aromatic rings. The number of hydrogen-bond donors (Lipinski definition) is 1. The Hall–Kier alpha value is -2.36. The predicted molar refractivity (Wildman–Crippen MR) is 92.3 cm³/mol. The van der Waals surface area contributed by atoms with Crippen molar-refractivity contribution in [1.82, 2.24) is 4.98 Å². The smallest absolute Gasteiger partial charge is 0.146 e. The number of pyridine rings is 1. The van der Waals surface area contributed by atoms with E-state index in [0.717, 1.165) is 16.9 Å². The van der Waals surface area contributed by atoms with Crippen molar-refractivity contribution in [3.8, 4) is 0 Å². The van der Waals surface area contributed by atoms with Crippen molar-refractivity contribution in [2.75, 3.05) is 24.4 Å². The molecule has 0 aliphatic carbocycles. The molecule has 0 fully saturated rings. The molecule has 0 aliphatic rings. The largest absolute Gasteiger partial charge is 0.378 e. The molecule has 1 N–H and O–H groups in total. The van der Waals surface area contributed by atoms with Gasteiger partial charge in [0.05, 0.1) is 6.21 Å². The first-order valence-electron chi connectivity index (χ1n) is 7.14. The quantitative estimate of drug-likeness (QED) is 0.683. The van der Waals surface area contributed by atoms with Crippen LogP contribution in [-0.2, 0) is 0 Å². The summed E-state index contributed by atoms with van der Waals surface area (Å²) < 4.78 is 0. The Morgan fingerprint density at radius 1 is 1.05 bits per heavy atom. The van der Waals surface area contributed by atoms with Gasteiger partial charge in [0.1, 0.15) is 5.82 Å². The lowest BCUT2D eigenvalue weighted by Crippen LogP contribution is -2.08. The molecule has 112 valence electrons. The van der Waals surface area contributed by atoms with Crippen LogP contribution in [0.25, 0.3) is 0 Å². The van der Waals surface area contributed by atoms with Gasteiger partial charge in [-0.15, -0.1) is 0 Å². The van der Waals surface area contributed by atoms with Gasteiger partial charge >= 0.3 is 0 Å². The highest BCUT2D eigenvalue weighted by molar-refractivity contribution is 5.80. The van der Waals surface area contributed by atoms with Gasteiger partial charge in [-0.05, 0) is 36.2 Å². The van der Waals surface area contributed by atoms with Crippen LogP contribution >= 0.6 is 0 Å². The molecule has 0 saturated heterocycles. The second kappa shape index (κ2) is 8.74. The maximum absolute atomic E-state index is 4.22. The lowest BCUT2D eigenvalue weighted by molar-refractivity contribution is 1.13. The van der Waals surface area contributed by atoms with E-state index in [2.05, 4.69) is 32.5 Å². The summed E-state index contributed by atoms with van der Waals surface area (Å²) in [5, 5.41) is 4.16. The van der Waals surface area contributed by atoms with E-state index >= 15 is 0 Å². The number of rotatable bonds is 4. The summed E-state index contributed by atoms with van der Waals surface area (Å²) >= 11 is 0. The second-order valence-corrected chi connectivity index (χ2v) is 4.58. The molecule has 0 bridgehead atoms. The lowest BCUT2D eigenvalue weighted by Gasteiger charge is -2.11. The molecular formula is C17H24N4. The molecule has 21 heavy (non-hydrogen) atoms. The summed E-state index contributed by atoms with van der Waals surface area (Å²) in [5.41, 5.74) is 6.26. The monoisotopic (exact) mass is 284 g/mol. The van der Waals surface area contributed by atoms with E-state index < -0.39 is 0 Å². The Morgan fingerprint density at radius 3 is 2.24 bits per heavy atom. The summed E-state index contributed by atoms with van der Waals surface area (Å²) in [4.78, 5) is 6.28. The predicted octanol–water partition coefficient (Wildman–Crippen LogP) is 3.93. The molecule has 0 amide bonds. The van der Waals surface area contributed by atoms with E-state index in [9.17, 15) is 0 Å². The van der Waals surface area contributed by atoms with E-state index in [1.165, 1.54) is 5.69 Å². The number of aryl methyl sites for hydroxylation is 1. The van der Waals surface area contributed by atoms with Crippen molar-refractivity contribution in [2.24, 2.45) is 5.10 Å². The molecule has 0 spiro atoms. The zero-order valence-electron chi connectivity index (χ0n) is 13.5. The SMILES string of the molecule is CC.Cc1ccc(N/N=C/c2ccc(N(C)C)cc2)nc1. The van der Waals surface area contributed by atoms with Crippen molar-refractivity contribution >= 4 is 17.7 Å². The number of aromatic nitrogens is 1. The average molecular weight is 284 g/mol. The van der Waals surface area contributed by atoms with Crippen LogP contribution in [0, 0.1) is 6.92 Å². The zero-order chi connectivity index (χ0) is 15.7. The van der Waals surface area contributed by atoms with Gasteiger partial charge < -0.3 is 4.90 Å². The van der Waals surface area contributed by atoms with Crippen molar-refractivity contribution < 1.29 is 0 Å². The van der Waals surface area contributed by atoms with Crippen molar-refractivity contribution in [3.05, 3.63) is 53.7 Å². The van der Waals surface area contributed by atoms with Gasteiger partial charge in [-0.2, -0.15) is 5.10 Å². The van der Waals surface area contributed by atoms with Gasteiger partial charge in [-0.3, -0.25) is 5.43 Å². The fourth-order valence-corrected chi connectivity index (χ4v) is 1.57. The third-order valence-corrected chi connectivity index (χ3v) is 2.71. The van der Waals surface area contributed by atoms with Crippen molar-refractivity contribution in [1.29, 1.82) is 0 Å². The topological polar surface area (TPSA) is 40.5 Å². The minimum atomic E-state index is 0.742. The number of hydrazone groups is 1. The molecule has 0 atom stereocenters. The first-order valence-corrected chi connectivity index (χ1v) is 7.14. The van der Waals surface area contributed by atoms with Crippen LogP contribution in [0.4, 0.5) is 11.5 Å². The molecule has 4 heteroatoms. The van der Waals surface area contributed by atoms with Crippen LogP contribution in [0.3, 0.4) is 0 Å². The Bertz CT molecular complexity index is 542. The number of anilines is 2. The summed E-state index contributed by atoms with van der Waals surface area (Å²) in [6, 6.07) is 12.1. The molecular weight excluding hydrogens is 260 g/mol. The van der Waals surface area contributed by atoms with Gasteiger partial charge in [0.2, 0.25) is 0 Å². The minimum absolute atomic E-state index is 0.742. The summed E-state index contributed by atoms with van der Waals surface area (Å²) in [6.45, 7) is 6.01. The van der Waals surface area contributed by atoms with Crippen LogP contribution in [-0.4, -0.2) is 25.3 Å². The first kappa shape index (κ1) is 16.7. The third kappa shape index (κ3) is 5.65. The molecule has 1 heterocycles. The van der Waals surface area contributed by atoms with Gasteiger partial charge in [0.15, 0.2) is 0 Å². The van der Waals surface area contributed by atoms with E-state index in [1.54, 1.807) is 6.21 Å². The fraction of sp³-hybridized carbons (Fsp3) is 0.294. The number of benzene rings is 1. The molecule has 2 rings (SSSR count). The van der Waals surface area contributed by atoms with Crippen molar-refractivity contribution in [2.45, 2.75) is 20.8 Å². The molecule has 4 nitrogen and oxygen atoms in total. The maximum atomic E-state index is 4.22. The number of hydrogen-bond acceptors (Lipinski definition) is 4. The highest BCUT2D eigenvalue weighted by Crippen LogP contribution is 2.11. The second-order valence-electron chi connectivity index (χ2n) is 4.58. The highest BCUT2D eigenvalue weighted by Gasteiger charge is 1.94. The van der Waals surface area contributed by atoms with Gasteiger partial charge in [-0.25, -0.2) is 4.98 Å². The molecule has 0 aliphatic heterocycles. The molecule has 1 aromatic carbocycles. The highest BCUT2D eigenvalue weighted by atomic mass is 15.3. The Balaban J connectivity index is 0.00000106. The Kier molecular flexibility index (Phi) is 6.95. The standard InChI is InChI=1S/C15H18N4.C2H6/c1-12-4-9-15(16-10-12)18-17-11-13-5-7-14(8-6-13)19(2)3;1-2/h4-11H,1-3H3,(H,16,18);1-2H3/b17-11+;. The first-order chi connectivity index (χ1) is 10.1. The zero-order valence-corrected chi connectivity index (χ0v) is 13.5. The molecule has 0 radical (unpaired) electrons. The van der Waals surface area contributed by atoms with Crippen LogP contribution in [0.1, 0.15) is 25.0 Å². The summed E-state index contributed by atoms with van der Waals surface area (Å²) in [5.74, 6) is 0.742. The Labute approximate surface area is 127 Å². The number of nitrogens with zero attached hydrogens (tertiary/aromatic N) is 3. The normalized spacial score (nSPS) is 9.95. The third-order valence-electron chi connectivity index (χ3n) is 2.71. The summed E-state index contributed by atoms with van der Waals surface area (Å²) in [7, 11) is 4.04. The van der Waals surface area contributed by atoms with Gasteiger partial charge in [0.25, 0.3) is 0 Å². The summed E-state index contributed by atoms with van der Waals surface area (Å²) in [6.07, 6.45) is 3.59. The van der Waals surface area contributed by atoms with Crippen LogP contribution < -0.4 is 10.3 Å².